The first-order valence-corrected chi connectivity index (χ1v) is 8.88. The number of aliphatic hydroxyl groups is 1. The van der Waals surface area contributed by atoms with Crippen molar-refractivity contribution in [3.63, 3.8) is 0 Å². The molecule has 1 aromatic carbocycles. The van der Waals surface area contributed by atoms with Crippen LogP contribution in [0.1, 0.15) is 51.7 Å². The first-order chi connectivity index (χ1) is 12.6. The minimum Gasteiger partial charge on any atom is -0.454 e. The van der Waals surface area contributed by atoms with Gasteiger partial charge in [0.1, 0.15) is 6.10 Å². The Labute approximate surface area is 151 Å². The number of benzene rings is 1. The Morgan fingerprint density at radius 1 is 1.23 bits per heavy atom. The summed E-state index contributed by atoms with van der Waals surface area (Å²) in [5.41, 5.74) is 0.812. The molecular formula is C20H21NO5. The predicted octanol–water partition coefficient (Wildman–Crippen LogP) is 2.33. The van der Waals surface area contributed by atoms with Crippen LogP contribution in [0.15, 0.2) is 40.8 Å². The molecule has 1 amide bonds. The third-order valence-electron chi connectivity index (χ3n) is 5.21. The van der Waals surface area contributed by atoms with Crippen molar-refractivity contribution in [1.29, 1.82) is 0 Å². The fourth-order valence-corrected chi connectivity index (χ4v) is 3.57. The number of aliphatic hydroxyl groups excluding tert-OH is 1. The molecule has 4 atom stereocenters. The molecule has 0 radical (unpaired) electrons. The summed E-state index contributed by atoms with van der Waals surface area (Å²) < 4.78 is 11.0. The van der Waals surface area contributed by atoms with Crippen LogP contribution in [-0.4, -0.2) is 36.1 Å². The van der Waals surface area contributed by atoms with Gasteiger partial charge in [-0.1, -0.05) is 37.3 Å². The minimum absolute atomic E-state index is 0.0956. The largest absolute Gasteiger partial charge is 0.454 e. The molecule has 1 aliphatic heterocycles. The van der Waals surface area contributed by atoms with E-state index in [1.807, 2.05) is 6.07 Å². The average molecular weight is 355 g/mol. The Balaban J connectivity index is 1.62. The first-order valence-electron chi connectivity index (χ1n) is 8.88. The molecule has 2 N–H and O–H groups in total. The lowest BCUT2D eigenvalue weighted by Gasteiger charge is -2.11. The molecule has 4 rings (SSSR count). The second kappa shape index (κ2) is 6.70. The van der Waals surface area contributed by atoms with Crippen molar-refractivity contribution in [1.82, 2.24) is 5.32 Å². The average Bonchev–Trinajstić information content (AvgIpc) is 3.07. The normalized spacial score (nSPS) is 24.8. The maximum atomic E-state index is 12.8. The lowest BCUT2D eigenvalue weighted by atomic mass is 10.0. The van der Waals surface area contributed by atoms with Gasteiger partial charge in [0.25, 0.3) is 5.91 Å². The number of Topliss-reactive ketones (excluding diaryl/α,β-unsaturated/α-hetero) is 1. The summed E-state index contributed by atoms with van der Waals surface area (Å²) in [6.07, 6.45) is -0.850. The molecule has 1 saturated heterocycles. The van der Waals surface area contributed by atoms with Crippen LogP contribution in [0.25, 0.3) is 0 Å². The molecule has 2 aliphatic rings. The van der Waals surface area contributed by atoms with Crippen molar-refractivity contribution in [2.75, 3.05) is 13.2 Å². The fraction of sp³-hybridized carbons (Fsp3) is 0.400. The monoisotopic (exact) mass is 355 g/mol. The molecule has 6 nitrogen and oxygen atoms in total. The van der Waals surface area contributed by atoms with E-state index < -0.39 is 6.10 Å². The summed E-state index contributed by atoms with van der Waals surface area (Å²) in [6, 6.07) is 10.5. The third-order valence-corrected chi connectivity index (χ3v) is 5.21. The SMILES string of the molecule is CCC(=O)c1cc(C(=O)NC2[C@H]3COC[C@@H]23)c(C(O)c2ccccc2)o1. The van der Waals surface area contributed by atoms with E-state index in [4.69, 9.17) is 9.15 Å². The van der Waals surface area contributed by atoms with Crippen molar-refractivity contribution in [2.45, 2.75) is 25.5 Å². The Hall–Kier alpha value is -2.44. The van der Waals surface area contributed by atoms with Crippen LogP contribution in [0.2, 0.25) is 0 Å². The zero-order valence-corrected chi connectivity index (χ0v) is 14.5. The predicted molar refractivity (Wildman–Crippen MR) is 92.9 cm³/mol. The zero-order valence-electron chi connectivity index (χ0n) is 14.5. The van der Waals surface area contributed by atoms with Crippen LogP contribution in [-0.2, 0) is 4.74 Å². The van der Waals surface area contributed by atoms with Gasteiger partial charge >= 0.3 is 0 Å². The number of carbonyl (C=O) groups excluding carboxylic acids is 2. The molecule has 2 unspecified atom stereocenters. The summed E-state index contributed by atoms with van der Waals surface area (Å²) in [6.45, 7) is 3.06. The highest BCUT2D eigenvalue weighted by atomic mass is 16.5. The van der Waals surface area contributed by atoms with Crippen molar-refractivity contribution < 1.29 is 23.8 Å². The molecule has 1 aromatic heterocycles. The van der Waals surface area contributed by atoms with Crippen molar-refractivity contribution >= 4 is 11.7 Å². The smallest absolute Gasteiger partial charge is 0.255 e. The third kappa shape index (κ3) is 2.95. The number of hydrogen-bond acceptors (Lipinski definition) is 5. The molecule has 0 spiro atoms. The Bertz CT molecular complexity index is 818. The maximum absolute atomic E-state index is 12.8. The zero-order chi connectivity index (χ0) is 18.3. The highest BCUT2D eigenvalue weighted by molar-refractivity contribution is 6.00. The molecule has 0 bridgehead atoms. The quantitative estimate of drug-likeness (QED) is 0.777. The van der Waals surface area contributed by atoms with Crippen molar-refractivity contribution in [3.8, 4) is 0 Å². The highest BCUT2D eigenvalue weighted by Crippen LogP contribution is 2.44. The standard InChI is InChI=1S/C20H21NO5/c1-2-15(22)16-8-12(20(24)21-17-13-9-25-10-14(13)17)19(26-16)18(23)11-6-4-3-5-7-11/h3-8,13-14,17-18,23H,2,9-10H2,1H3,(H,21,24)/t13-,14+,17?,18?. The van der Waals surface area contributed by atoms with Gasteiger partial charge in [-0.3, -0.25) is 9.59 Å². The minimum atomic E-state index is -1.11. The Morgan fingerprint density at radius 2 is 1.92 bits per heavy atom. The Kier molecular flexibility index (Phi) is 4.38. The fourth-order valence-electron chi connectivity index (χ4n) is 3.57. The van der Waals surface area contributed by atoms with Crippen LogP contribution in [0, 0.1) is 11.8 Å². The second-order valence-corrected chi connectivity index (χ2v) is 6.84. The maximum Gasteiger partial charge on any atom is 0.255 e. The van der Waals surface area contributed by atoms with Gasteiger partial charge in [-0.05, 0) is 5.56 Å². The van der Waals surface area contributed by atoms with Crippen LogP contribution in [0.5, 0.6) is 0 Å². The molecule has 2 aromatic rings. The van der Waals surface area contributed by atoms with Gasteiger partial charge in [-0.25, -0.2) is 0 Å². The number of hydrogen-bond donors (Lipinski definition) is 2. The number of rotatable bonds is 6. The van der Waals surface area contributed by atoms with Gasteiger partial charge in [0.2, 0.25) is 0 Å². The van der Waals surface area contributed by atoms with Gasteiger partial charge in [0.15, 0.2) is 17.3 Å². The topological polar surface area (TPSA) is 88.8 Å². The van der Waals surface area contributed by atoms with E-state index in [-0.39, 0.29) is 41.2 Å². The van der Waals surface area contributed by atoms with E-state index in [0.29, 0.717) is 30.6 Å². The van der Waals surface area contributed by atoms with Crippen LogP contribution in [0.3, 0.4) is 0 Å². The van der Waals surface area contributed by atoms with Crippen LogP contribution >= 0.6 is 0 Å². The highest BCUT2D eigenvalue weighted by Gasteiger charge is 2.55. The van der Waals surface area contributed by atoms with E-state index in [9.17, 15) is 14.7 Å². The van der Waals surface area contributed by atoms with Gasteiger partial charge in [-0.15, -0.1) is 0 Å². The molecule has 1 saturated carbocycles. The molecular weight excluding hydrogens is 334 g/mol. The van der Waals surface area contributed by atoms with Crippen LogP contribution in [0.4, 0.5) is 0 Å². The summed E-state index contributed by atoms with van der Waals surface area (Å²) >= 11 is 0. The molecule has 2 heterocycles. The molecule has 26 heavy (non-hydrogen) atoms. The van der Waals surface area contributed by atoms with E-state index in [0.717, 1.165) is 0 Å². The van der Waals surface area contributed by atoms with Gasteiger partial charge in [0, 0.05) is 30.4 Å². The number of fused-ring (bicyclic) bond motifs is 1. The molecule has 2 fully saturated rings. The number of furan rings is 1. The van der Waals surface area contributed by atoms with Gasteiger partial charge in [0.05, 0.1) is 18.8 Å². The lowest BCUT2D eigenvalue weighted by molar-refractivity contribution is 0.0913. The number of ether oxygens (including phenoxy) is 1. The summed E-state index contributed by atoms with van der Waals surface area (Å²) in [5, 5.41) is 13.7. The molecule has 6 heteroatoms. The molecule has 1 aliphatic carbocycles. The van der Waals surface area contributed by atoms with Gasteiger partial charge in [-0.2, -0.15) is 0 Å². The number of nitrogens with one attached hydrogen (secondary N) is 1. The second-order valence-electron chi connectivity index (χ2n) is 6.84. The van der Waals surface area contributed by atoms with E-state index in [1.54, 1.807) is 31.2 Å². The number of carbonyl (C=O) groups is 2. The first kappa shape index (κ1) is 17.0. The summed E-state index contributed by atoms with van der Waals surface area (Å²) in [7, 11) is 0. The van der Waals surface area contributed by atoms with Crippen LogP contribution < -0.4 is 5.32 Å². The summed E-state index contributed by atoms with van der Waals surface area (Å²) in [5.74, 6) is 0.403. The van der Waals surface area contributed by atoms with E-state index in [1.165, 1.54) is 6.07 Å². The lowest BCUT2D eigenvalue weighted by Crippen LogP contribution is -2.30. The van der Waals surface area contributed by atoms with E-state index >= 15 is 0 Å². The van der Waals surface area contributed by atoms with Crippen molar-refractivity contribution in [2.24, 2.45) is 11.8 Å². The van der Waals surface area contributed by atoms with Gasteiger partial charge < -0.3 is 19.6 Å². The van der Waals surface area contributed by atoms with E-state index in [2.05, 4.69) is 5.32 Å². The summed E-state index contributed by atoms with van der Waals surface area (Å²) in [4.78, 5) is 24.8. The Morgan fingerprint density at radius 3 is 2.58 bits per heavy atom. The van der Waals surface area contributed by atoms with Crippen molar-refractivity contribution in [3.05, 3.63) is 59.0 Å². The number of amides is 1. The molecule has 136 valence electrons. The number of ketones is 1.